The molecule has 0 aliphatic carbocycles. The van der Waals surface area contributed by atoms with Gasteiger partial charge in [0.25, 0.3) is 0 Å². The van der Waals surface area contributed by atoms with Crippen LogP contribution in [0.1, 0.15) is 18.4 Å². The molecule has 0 spiro atoms. The maximum Gasteiger partial charge on any atom is 0.511 e. The fourth-order valence-corrected chi connectivity index (χ4v) is 3.94. The summed E-state index contributed by atoms with van der Waals surface area (Å²) in [7, 11) is -0.599. The van der Waals surface area contributed by atoms with Gasteiger partial charge in [-0.05, 0) is 25.0 Å². The molecule has 0 amide bonds. The molecule has 8 nitrogen and oxygen atoms in total. The van der Waals surface area contributed by atoms with Crippen LogP contribution in [0.5, 0.6) is 11.5 Å². The van der Waals surface area contributed by atoms with Crippen LogP contribution in [-0.4, -0.2) is 64.6 Å². The summed E-state index contributed by atoms with van der Waals surface area (Å²) in [4.78, 5) is 4.11. The molecule has 13 heteroatoms. The lowest BCUT2D eigenvalue weighted by Gasteiger charge is -2.32. The van der Waals surface area contributed by atoms with Crippen LogP contribution in [0, 0.1) is 0 Å². The zero-order valence-corrected chi connectivity index (χ0v) is 20.0. The van der Waals surface area contributed by atoms with Crippen molar-refractivity contribution in [2.24, 2.45) is 4.99 Å². The van der Waals surface area contributed by atoms with Crippen LogP contribution in [-0.2, 0) is 16.6 Å². The van der Waals surface area contributed by atoms with E-state index in [1.807, 2.05) is 6.07 Å². The molecule has 0 bridgehead atoms. The molecule has 1 aromatic carbocycles. The lowest BCUT2D eigenvalue weighted by Crippen LogP contribution is -2.51. The number of rotatable bonds is 6. The average Bonchev–Trinajstić information content (AvgIpc) is 2.70. The maximum atomic E-state index is 12.7. The van der Waals surface area contributed by atoms with Gasteiger partial charge >= 0.3 is 15.5 Å². The number of nitrogens with zero attached hydrogens (tertiary/aromatic N) is 2. The van der Waals surface area contributed by atoms with E-state index in [4.69, 9.17) is 9.47 Å². The standard InChI is InChI=1S/C17H25F3N4O4S.HI/c1-21-16(22-11-12-4-5-14(27-2)10-15(12)28-3)23-13-6-8-24(9-7-13)29(25,26)17(18,19)20;/h4-5,10,13H,6-9,11H2,1-3H3,(H2,21,22,23);1H. The van der Waals surface area contributed by atoms with E-state index in [0.29, 0.717) is 28.3 Å². The fourth-order valence-electron chi connectivity index (χ4n) is 2.95. The Hall–Kier alpha value is -1.48. The molecule has 1 aliphatic rings. The molecule has 1 heterocycles. The van der Waals surface area contributed by atoms with Crippen LogP contribution in [0.2, 0.25) is 0 Å². The quantitative estimate of drug-likeness (QED) is 0.312. The number of nitrogens with one attached hydrogen (secondary N) is 2. The molecule has 0 atom stereocenters. The summed E-state index contributed by atoms with van der Waals surface area (Å²) in [6.07, 6.45) is 0.476. The van der Waals surface area contributed by atoms with Crippen LogP contribution in [0.4, 0.5) is 13.2 Å². The maximum absolute atomic E-state index is 12.7. The molecule has 1 aromatic rings. The summed E-state index contributed by atoms with van der Waals surface area (Å²) in [5, 5.41) is 6.23. The number of ether oxygens (including phenoxy) is 2. The van der Waals surface area contributed by atoms with Gasteiger partial charge in [-0.25, -0.2) is 8.42 Å². The molecule has 0 unspecified atom stereocenters. The Balaban J connectivity index is 0.00000450. The number of aliphatic imine (C=N–C) groups is 1. The van der Waals surface area contributed by atoms with Crippen molar-refractivity contribution < 1.29 is 31.1 Å². The Morgan fingerprint density at radius 3 is 2.37 bits per heavy atom. The third-order valence-electron chi connectivity index (χ3n) is 4.59. The van der Waals surface area contributed by atoms with Gasteiger partial charge in [-0.3, -0.25) is 4.99 Å². The minimum atomic E-state index is -5.28. The minimum Gasteiger partial charge on any atom is -0.497 e. The number of sulfonamides is 1. The number of methoxy groups -OCH3 is 2. The first-order chi connectivity index (χ1) is 13.6. The lowest BCUT2D eigenvalue weighted by molar-refractivity contribution is -0.0494. The molecule has 2 rings (SSSR count). The van der Waals surface area contributed by atoms with Crippen LogP contribution >= 0.6 is 24.0 Å². The summed E-state index contributed by atoms with van der Waals surface area (Å²) in [6, 6.07) is 5.20. The lowest BCUT2D eigenvalue weighted by atomic mass is 10.1. The van der Waals surface area contributed by atoms with Crippen LogP contribution < -0.4 is 20.1 Å². The second-order valence-electron chi connectivity index (χ2n) is 6.37. The third kappa shape index (κ3) is 6.51. The Morgan fingerprint density at radius 1 is 1.23 bits per heavy atom. The number of hydrogen-bond acceptors (Lipinski definition) is 5. The number of hydrogen-bond donors (Lipinski definition) is 2. The smallest absolute Gasteiger partial charge is 0.497 e. The minimum absolute atomic E-state index is 0. The molecule has 172 valence electrons. The van der Waals surface area contributed by atoms with Crippen LogP contribution in [0.3, 0.4) is 0 Å². The predicted octanol–water partition coefficient (Wildman–Crippen LogP) is 2.30. The highest BCUT2D eigenvalue weighted by Gasteiger charge is 2.50. The normalized spacial score (nSPS) is 16.5. The van der Waals surface area contributed by atoms with E-state index < -0.39 is 15.5 Å². The monoisotopic (exact) mass is 566 g/mol. The average molecular weight is 566 g/mol. The van der Waals surface area contributed by atoms with Crippen molar-refractivity contribution in [3.63, 3.8) is 0 Å². The molecule has 1 fully saturated rings. The Labute approximate surface area is 191 Å². The molecular formula is C17H26F3IN4O4S. The van der Waals surface area contributed by atoms with E-state index in [-0.39, 0.29) is 55.9 Å². The number of alkyl halides is 3. The molecular weight excluding hydrogens is 540 g/mol. The first kappa shape index (κ1) is 26.6. The Morgan fingerprint density at radius 2 is 1.87 bits per heavy atom. The summed E-state index contributed by atoms with van der Waals surface area (Å²) in [6.45, 7) is -0.0141. The van der Waals surface area contributed by atoms with E-state index in [1.165, 1.54) is 0 Å². The molecule has 0 aromatic heterocycles. The zero-order valence-electron chi connectivity index (χ0n) is 16.8. The SMILES string of the molecule is CN=C(NCc1ccc(OC)cc1OC)NC1CCN(S(=O)(=O)C(F)(F)F)CC1.I. The Kier molecular flexibility index (Phi) is 9.94. The van der Waals surface area contributed by atoms with E-state index in [2.05, 4.69) is 15.6 Å². The summed E-state index contributed by atoms with van der Waals surface area (Å²) < 4.78 is 71.9. The topological polar surface area (TPSA) is 92.3 Å². The van der Waals surface area contributed by atoms with E-state index >= 15 is 0 Å². The van der Waals surface area contributed by atoms with E-state index in [0.717, 1.165) is 5.56 Å². The van der Waals surface area contributed by atoms with Crippen molar-refractivity contribution in [1.29, 1.82) is 0 Å². The number of piperidine rings is 1. The highest BCUT2D eigenvalue weighted by Crippen LogP contribution is 2.29. The molecule has 0 radical (unpaired) electrons. The number of halogens is 4. The van der Waals surface area contributed by atoms with Gasteiger partial charge in [-0.2, -0.15) is 17.5 Å². The largest absolute Gasteiger partial charge is 0.511 e. The van der Waals surface area contributed by atoms with Crippen molar-refractivity contribution in [2.45, 2.75) is 30.9 Å². The summed E-state index contributed by atoms with van der Waals surface area (Å²) >= 11 is 0. The first-order valence-corrected chi connectivity index (χ1v) is 10.3. The molecule has 1 aliphatic heterocycles. The zero-order chi connectivity index (χ0) is 21.7. The Bertz CT molecular complexity index is 829. The summed E-state index contributed by atoms with van der Waals surface area (Å²) in [5.41, 5.74) is -4.41. The second kappa shape index (κ2) is 11.2. The highest BCUT2D eigenvalue weighted by molar-refractivity contribution is 14.0. The fraction of sp³-hybridized carbons (Fsp3) is 0.588. The van der Waals surface area contributed by atoms with Gasteiger partial charge in [-0.15, -0.1) is 24.0 Å². The van der Waals surface area contributed by atoms with Crippen molar-refractivity contribution in [3.05, 3.63) is 23.8 Å². The van der Waals surface area contributed by atoms with Crippen molar-refractivity contribution in [1.82, 2.24) is 14.9 Å². The molecule has 2 N–H and O–H groups in total. The van der Waals surface area contributed by atoms with Crippen LogP contribution in [0.25, 0.3) is 0 Å². The second-order valence-corrected chi connectivity index (χ2v) is 8.30. The summed E-state index contributed by atoms with van der Waals surface area (Å²) in [5.74, 6) is 1.76. The van der Waals surface area contributed by atoms with Crippen LogP contribution in [0.15, 0.2) is 23.2 Å². The highest BCUT2D eigenvalue weighted by atomic mass is 127. The van der Waals surface area contributed by atoms with Gasteiger partial charge in [0, 0.05) is 44.4 Å². The number of benzene rings is 1. The van der Waals surface area contributed by atoms with Gasteiger partial charge in [0.1, 0.15) is 11.5 Å². The third-order valence-corrected chi connectivity index (χ3v) is 6.22. The van der Waals surface area contributed by atoms with Gasteiger partial charge in [0.05, 0.1) is 14.2 Å². The van der Waals surface area contributed by atoms with Crippen molar-refractivity contribution in [2.75, 3.05) is 34.4 Å². The first-order valence-electron chi connectivity index (χ1n) is 8.87. The van der Waals surface area contributed by atoms with Gasteiger partial charge < -0.3 is 20.1 Å². The van der Waals surface area contributed by atoms with Gasteiger partial charge in [-0.1, -0.05) is 0 Å². The molecule has 0 saturated carbocycles. The predicted molar refractivity (Wildman–Crippen MR) is 118 cm³/mol. The van der Waals surface area contributed by atoms with Gasteiger partial charge in [0.15, 0.2) is 5.96 Å². The molecule has 30 heavy (non-hydrogen) atoms. The van der Waals surface area contributed by atoms with Crippen molar-refractivity contribution >= 4 is 40.0 Å². The van der Waals surface area contributed by atoms with E-state index in [1.54, 1.807) is 33.4 Å². The number of guanidine groups is 1. The van der Waals surface area contributed by atoms with Crippen molar-refractivity contribution in [3.8, 4) is 11.5 Å². The molecule has 1 saturated heterocycles. The van der Waals surface area contributed by atoms with Gasteiger partial charge in [0.2, 0.25) is 0 Å². The van der Waals surface area contributed by atoms with E-state index in [9.17, 15) is 21.6 Å².